The van der Waals surface area contributed by atoms with Gasteiger partial charge in [-0.3, -0.25) is 43.4 Å². The largest absolute Gasteiger partial charge is 0.347 e. The maximum absolute atomic E-state index is 15.1. The summed E-state index contributed by atoms with van der Waals surface area (Å²) in [7, 11) is 1.70. The van der Waals surface area contributed by atoms with Crippen LogP contribution in [-0.2, 0) is 28.8 Å². The van der Waals surface area contributed by atoms with E-state index in [1.807, 2.05) is 27.7 Å². The SMILES string of the molecule is CCCC(NC(=O)[C@@H]1CC2(CN1C(=O)[C@@H](NC(=O)[C@@H](NC(=O)c1cnccn1)C1CCCCC1)C(C)(C)C)N(C)C(=O)[C@@H]1CCCN12)C(=O)C(=O)NC1CC1. The molecule has 6 atom stereocenters. The van der Waals surface area contributed by atoms with Crippen LogP contribution in [0.2, 0.25) is 0 Å². The Morgan fingerprint density at radius 3 is 2.31 bits per heavy atom. The number of nitrogens with zero attached hydrogens (tertiary/aromatic N) is 5. The molecule has 4 N–H and O–H groups in total. The number of rotatable bonds is 13. The Labute approximate surface area is 322 Å². The number of likely N-dealkylation sites (N-methyl/N-ethyl adjacent to an activating group) is 1. The molecule has 0 bridgehead atoms. The van der Waals surface area contributed by atoms with E-state index in [2.05, 4.69) is 36.1 Å². The van der Waals surface area contributed by atoms with E-state index in [1.165, 1.54) is 23.5 Å². The lowest BCUT2D eigenvalue weighted by atomic mass is 9.82. The first kappa shape index (κ1) is 40.2. The highest BCUT2D eigenvalue weighted by molar-refractivity contribution is 6.38. The van der Waals surface area contributed by atoms with Crippen LogP contribution in [-0.4, -0.2) is 128 Å². The van der Waals surface area contributed by atoms with Crippen LogP contribution in [0.4, 0.5) is 0 Å². The fourth-order valence-electron chi connectivity index (χ4n) is 8.94. The van der Waals surface area contributed by atoms with Crippen molar-refractivity contribution in [3.8, 4) is 0 Å². The standard InChI is InChI=1S/C39H57N9O7/c1-6-11-25(30(49)35(53)42-24-15-16-24)43-33(51)28-20-39(46(5)36(54)27-14-10-19-48(27)39)22-47(28)37(55)31(38(2,3)4)45-34(52)29(23-12-8-7-9-13-23)44-32(50)26-21-40-17-18-41-26/h17-18,21,23-25,27-29,31H,6-16,19-20,22H2,1-5H3,(H,42,53)(H,43,51)(H,44,50)(H,45,52)/t25?,27-,28-,29-,31+,39?/m0/s1. The van der Waals surface area contributed by atoms with Crippen molar-refractivity contribution in [2.45, 2.75) is 147 Å². The van der Waals surface area contributed by atoms with Crippen LogP contribution >= 0.6 is 0 Å². The normalized spacial score (nSPS) is 25.9. The lowest BCUT2D eigenvalue weighted by Crippen LogP contribution is -2.62. The molecule has 2 aliphatic carbocycles. The molecular weight excluding hydrogens is 706 g/mol. The highest BCUT2D eigenvalue weighted by Crippen LogP contribution is 2.45. The minimum atomic E-state index is -1.14. The second kappa shape index (κ2) is 16.3. The van der Waals surface area contributed by atoms with Gasteiger partial charge in [0.1, 0.15) is 29.5 Å². The summed E-state index contributed by atoms with van der Waals surface area (Å²) < 4.78 is 0. The molecule has 2 saturated carbocycles. The molecule has 1 spiro atoms. The van der Waals surface area contributed by atoms with Crippen LogP contribution in [0.1, 0.15) is 115 Å². The summed E-state index contributed by atoms with van der Waals surface area (Å²) in [5, 5.41) is 11.4. The van der Waals surface area contributed by atoms with E-state index in [4.69, 9.17) is 0 Å². The summed E-state index contributed by atoms with van der Waals surface area (Å²) in [6.45, 7) is 7.94. The van der Waals surface area contributed by atoms with E-state index in [0.29, 0.717) is 19.4 Å². The number of fused-ring (bicyclic) bond motifs is 2. The van der Waals surface area contributed by atoms with Gasteiger partial charge >= 0.3 is 0 Å². The van der Waals surface area contributed by atoms with Gasteiger partial charge in [0, 0.05) is 38.4 Å². The molecule has 3 aliphatic heterocycles. The molecule has 1 aromatic rings. The highest BCUT2D eigenvalue weighted by atomic mass is 16.2. The third-order valence-corrected chi connectivity index (χ3v) is 12.2. The highest BCUT2D eigenvalue weighted by Gasteiger charge is 2.64. The molecule has 0 aromatic carbocycles. The molecule has 5 aliphatic rings. The van der Waals surface area contributed by atoms with Gasteiger partial charge in [0.25, 0.3) is 11.8 Å². The van der Waals surface area contributed by atoms with Crippen LogP contribution < -0.4 is 21.3 Å². The number of nitrogens with one attached hydrogen (secondary N) is 4. The van der Waals surface area contributed by atoms with Gasteiger partial charge < -0.3 is 31.1 Å². The summed E-state index contributed by atoms with van der Waals surface area (Å²) in [4.78, 5) is 110. The molecule has 1 aromatic heterocycles. The maximum Gasteiger partial charge on any atom is 0.289 e. The lowest BCUT2D eigenvalue weighted by molar-refractivity contribution is -0.145. The monoisotopic (exact) mass is 763 g/mol. The first-order valence-electron chi connectivity index (χ1n) is 20.0. The van der Waals surface area contributed by atoms with E-state index < -0.39 is 70.6 Å². The maximum atomic E-state index is 15.1. The van der Waals surface area contributed by atoms with E-state index >= 15 is 4.79 Å². The zero-order chi connectivity index (χ0) is 39.7. The average Bonchev–Trinajstić information content (AvgIpc) is 3.60. The van der Waals surface area contributed by atoms with Crippen molar-refractivity contribution in [1.82, 2.24) is 45.9 Å². The molecule has 300 valence electrons. The third-order valence-electron chi connectivity index (χ3n) is 12.2. The number of carbonyl (C=O) groups is 7. The second-order valence-electron chi connectivity index (χ2n) is 17.1. The smallest absolute Gasteiger partial charge is 0.289 e. The van der Waals surface area contributed by atoms with Crippen LogP contribution in [0.5, 0.6) is 0 Å². The Hall–Kier alpha value is -4.47. The third kappa shape index (κ3) is 8.38. The zero-order valence-electron chi connectivity index (χ0n) is 32.8. The van der Waals surface area contributed by atoms with Gasteiger partial charge in [-0.05, 0) is 56.3 Å². The fraction of sp³-hybridized carbons (Fsp3) is 0.718. The van der Waals surface area contributed by atoms with Crippen molar-refractivity contribution < 1.29 is 33.6 Å². The number of aromatic nitrogens is 2. The molecule has 5 fully saturated rings. The molecular formula is C39H57N9O7. The number of Topliss-reactive ketones (excluding diaryl/α,β-unsaturated/α-hetero) is 1. The number of hydrogen-bond acceptors (Lipinski definition) is 10. The average molecular weight is 764 g/mol. The van der Waals surface area contributed by atoms with E-state index in [-0.39, 0.29) is 49.0 Å². The van der Waals surface area contributed by atoms with Crippen molar-refractivity contribution in [3.05, 3.63) is 24.3 Å². The Morgan fingerprint density at radius 2 is 1.67 bits per heavy atom. The van der Waals surface area contributed by atoms with Gasteiger partial charge in [-0.1, -0.05) is 53.4 Å². The van der Waals surface area contributed by atoms with Gasteiger partial charge in [0.2, 0.25) is 29.4 Å². The van der Waals surface area contributed by atoms with Gasteiger partial charge in [0.15, 0.2) is 0 Å². The molecule has 6 amide bonds. The zero-order valence-corrected chi connectivity index (χ0v) is 32.8. The van der Waals surface area contributed by atoms with Crippen molar-refractivity contribution in [1.29, 1.82) is 0 Å². The number of likely N-dealkylation sites (tertiary alicyclic amines) is 1. The lowest BCUT2D eigenvalue weighted by Gasteiger charge is -2.39. The van der Waals surface area contributed by atoms with E-state index in [1.54, 1.807) is 11.9 Å². The van der Waals surface area contributed by atoms with E-state index in [0.717, 1.165) is 51.4 Å². The summed E-state index contributed by atoms with van der Waals surface area (Å²) in [6.07, 6.45) is 12.3. The molecule has 55 heavy (non-hydrogen) atoms. The van der Waals surface area contributed by atoms with Crippen LogP contribution in [0.15, 0.2) is 18.6 Å². The first-order chi connectivity index (χ1) is 26.2. The Kier molecular flexibility index (Phi) is 11.9. The quantitative estimate of drug-likeness (QED) is 0.211. The van der Waals surface area contributed by atoms with Gasteiger partial charge in [-0.2, -0.15) is 0 Å². The molecule has 16 nitrogen and oxygen atoms in total. The number of ketones is 1. The Morgan fingerprint density at radius 1 is 0.945 bits per heavy atom. The second-order valence-corrected chi connectivity index (χ2v) is 17.1. The first-order valence-corrected chi connectivity index (χ1v) is 20.0. The van der Waals surface area contributed by atoms with Crippen molar-refractivity contribution in [2.75, 3.05) is 20.1 Å². The van der Waals surface area contributed by atoms with Crippen LogP contribution in [0, 0.1) is 11.3 Å². The summed E-state index contributed by atoms with van der Waals surface area (Å²) >= 11 is 0. The van der Waals surface area contributed by atoms with Crippen molar-refractivity contribution in [2.24, 2.45) is 11.3 Å². The molecule has 3 saturated heterocycles. The molecule has 6 rings (SSSR count). The fourth-order valence-corrected chi connectivity index (χ4v) is 8.94. The number of carbonyl (C=O) groups excluding carboxylic acids is 7. The summed E-state index contributed by atoms with van der Waals surface area (Å²) in [6, 6.07) is -4.71. The van der Waals surface area contributed by atoms with Crippen molar-refractivity contribution in [3.63, 3.8) is 0 Å². The predicted molar refractivity (Wildman–Crippen MR) is 200 cm³/mol. The van der Waals surface area contributed by atoms with Crippen LogP contribution in [0.3, 0.4) is 0 Å². The van der Waals surface area contributed by atoms with Crippen LogP contribution in [0.25, 0.3) is 0 Å². The minimum Gasteiger partial charge on any atom is -0.347 e. The Balaban J connectivity index is 1.29. The molecule has 2 unspecified atom stereocenters. The number of amides is 6. The van der Waals surface area contributed by atoms with Gasteiger partial charge in [-0.15, -0.1) is 0 Å². The number of hydrogen-bond donors (Lipinski definition) is 4. The topological polar surface area (TPSA) is 203 Å². The molecule has 4 heterocycles. The molecule has 16 heteroatoms. The van der Waals surface area contributed by atoms with Gasteiger partial charge in [0.05, 0.1) is 24.8 Å². The van der Waals surface area contributed by atoms with Crippen molar-refractivity contribution >= 4 is 41.2 Å². The van der Waals surface area contributed by atoms with Gasteiger partial charge in [-0.25, -0.2) is 4.98 Å². The predicted octanol–water partition coefficient (Wildman–Crippen LogP) is 1.05. The summed E-state index contributed by atoms with van der Waals surface area (Å²) in [5.74, 6) is -3.91. The Bertz CT molecular complexity index is 1660. The van der Waals surface area contributed by atoms with E-state index in [9.17, 15) is 28.8 Å². The minimum absolute atomic E-state index is 0.00906. The summed E-state index contributed by atoms with van der Waals surface area (Å²) in [5.41, 5.74) is -1.77. The molecule has 0 radical (unpaired) electrons.